The minimum Gasteiger partial charge on any atom is -0.347 e. The number of amides is 2. The molecule has 2 aliphatic heterocycles. The number of rotatable bonds is 2. The average Bonchev–Trinajstić information content (AvgIpc) is 3.20. The van der Waals surface area contributed by atoms with E-state index in [1.165, 1.54) is 0 Å². The van der Waals surface area contributed by atoms with Crippen molar-refractivity contribution in [1.82, 2.24) is 9.47 Å². The van der Waals surface area contributed by atoms with Crippen LogP contribution < -0.4 is 4.90 Å². The molecule has 2 saturated heterocycles. The molecular formula is C20H23N3O2. The van der Waals surface area contributed by atoms with Gasteiger partial charge in [0.15, 0.2) is 0 Å². The van der Waals surface area contributed by atoms with Gasteiger partial charge in [-0.2, -0.15) is 0 Å². The summed E-state index contributed by atoms with van der Waals surface area (Å²) in [6.45, 7) is 2.07. The highest BCUT2D eigenvalue weighted by molar-refractivity contribution is 6.00. The normalized spacial score (nSPS) is 19.6. The molecule has 0 aliphatic carbocycles. The number of para-hydroxylation sites is 1. The number of carbonyl (C=O) groups excluding carboxylic acids is 2. The number of nitrogens with zero attached hydrogens (tertiary/aromatic N) is 3. The van der Waals surface area contributed by atoms with Crippen LogP contribution in [0.5, 0.6) is 0 Å². The molecule has 2 fully saturated rings. The minimum atomic E-state index is -0.291. The largest absolute Gasteiger partial charge is 0.347 e. The predicted molar refractivity (Wildman–Crippen MR) is 96.4 cm³/mol. The van der Waals surface area contributed by atoms with Gasteiger partial charge in [-0.15, -0.1) is 0 Å². The molecule has 1 aromatic carbocycles. The molecule has 0 unspecified atom stereocenters. The van der Waals surface area contributed by atoms with E-state index >= 15 is 0 Å². The molecule has 0 bridgehead atoms. The van der Waals surface area contributed by atoms with Gasteiger partial charge in [0.05, 0.1) is 5.41 Å². The van der Waals surface area contributed by atoms with Crippen molar-refractivity contribution in [2.75, 3.05) is 24.5 Å². The van der Waals surface area contributed by atoms with E-state index < -0.39 is 0 Å². The van der Waals surface area contributed by atoms with Gasteiger partial charge in [0.2, 0.25) is 5.91 Å². The molecule has 5 nitrogen and oxygen atoms in total. The molecule has 2 amide bonds. The van der Waals surface area contributed by atoms with E-state index in [0.717, 1.165) is 31.5 Å². The molecule has 0 atom stereocenters. The molecule has 5 heteroatoms. The lowest BCUT2D eigenvalue weighted by Crippen LogP contribution is -2.47. The SMILES string of the molecule is Cn1cccc1C(=O)N1CCC2(CC1)CCN(c1ccccc1)C2=O. The summed E-state index contributed by atoms with van der Waals surface area (Å²) in [5.41, 5.74) is 1.40. The van der Waals surface area contributed by atoms with Crippen LogP contribution in [0.4, 0.5) is 5.69 Å². The first-order valence-corrected chi connectivity index (χ1v) is 8.88. The van der Waals surface area contributed by atoms with Gasteiger partial charge in [-0.05, 0) is 43.5 Å². The lowest BCUT2D eigenvalue weighted by molar-refractivity contribution is -0.127. The second-order valence-corrected chi connectivity index (χ2v) is 7.12. The zero-order valence-corrected chi connectivity index (χ0v) is 14.5. The Morgan fingerprint density at radius 1 is 0.960 bits per heavy atom. The third kappa shape index (κ3) is 2.64. The van der Waals surface area contributed by atoms with E-state index in [0.29, 0.717) is 18.8 Å². The summed E-state index contributed by atoms with van der Waals surface area (Å²) in [4.78, 5) is 29.5. The van der Waals surface area contributed by atoms with Crippen LogP contribution in [0.15, 0.2) is 48.7 Å². The second-order valence-electron chi connectivity index (χ2n) is 7.12. The lowest BCUT2D eigenvalue weighted by atomic mass is 9.77. The van der Waals surface area contributed by atoms with Crippen LogP contribution in [0, 0.1) is 5.41 Å². The maximum atomic E-state index is 13.1. The topological polar surface area (TPSA) is 45.6 Å². The molecule has 0 radical (unpaired) electrons. The molecule has 130 valence electrons. The Kier molecular flexibility index (Phi) is 3.86. The van der Waals surface area contributed by atoms with E-state index in [1.807, 2.05) is 70.1 Å². The highest BCUT2D eigenvalue weighted by atomic mass is 16.2. The highest BCUT2D eigenvalue weighted by Crippen LogP contribution is 2.43. The Bertz CT molecular complexity index is 788. The smallest absolute Gasteiger partial charge is 0.270 e. The minimum absolute atomic E-state index is 0.0627. The van der Waals surface area contributed by atoms with Gasteiger partial charge >= 0.3 is 0 Å². The molecule has 0 N–H and O–H groups in total. The van der Waals surface area contributed by atoms with Crippen LogP contribution in [0.2, 0.25) is 0 Å². The monoisotopic (exact) mass is 337 g/mol. The van der Waals surface area contributed by atoms with Crippen LogP contribution in [-0.2, 0) is 11.8 Å². The van der Waals surface area contributed by atoms with Crippen molar-refractivity contribution >= 4 is 17.5 Å². The summed E-state index contributed by atoms with van der Waals surface area (Å²) in [6.07, 6.45) is 4.28. The summed E-state index contributed by atoms with van der Waals surface area (Å²) in [5.74, 6) is 0.289. The summed E-state index contributed by atoms with van der Waals surface area (Å²) < 4.78 is 1.85. The lowest BCUT2D eigenvalue weighted by Gasteiger charge is -2.38. The van der Waals surface area contributed by atoms with Crippen LogP contribution in [0.3, 0.4) is 0 Å². The fourth-order valence-corrected chi connectivity index (χ4v) is 4.12. The fourth-order valence-electron chi connectivity index (χ4n) is 4.12. The fraction of sp³-hybridized carbons (Fsp3) is 0.400. The van der Waals surface area contributed by atoms with Crippen LogP contribution >= 0.6 is 0 Å². The summed E-state index contributed by atoms with van der Waals surface area (Å²) in [5, 5.41) is 0. The number of aromatic nitrogens is 1. The molecule has 2 aromatic rings. The van der Waals surface area contributed by atoms with Crippen molar-refractivity contribution in [3.05, 3.63) is 54.4 Å². The van der Waals surface area contributed by atoms with Crippen LogP contribution in [-0.4, -0.2) is 40.9 Å². The quantitative estimate of drug-likeness (QED) is 0.846. The van der Waals surface area contributed by atoms with Crippen molar-refractivity contribution in [1.29, 1.82) is 0 Å². The zero-order valence-electron chi connectivity index (χ0n) is 14.5. The molecular weight excluding hydrogens is 314 g/mol. The predicted octanol–water partition coefficient (Wildman–Crippen LogP) is 2.68. The average molecular weight is 337 g/mol. The van der Waals surface area contributed by atoms with E-state index in [1.54, 1.807) is 0 Å². The number of benzene rings is 1. The molecule has 1 aromatic heterocycles. The van der Waals surface area contributed by atoms with Crippen molar-refractivity contribution in [2.45, 2.75) is 19.3 Å². The number of anilines is 1. The Morgan fingerprint density at radius 2 is 1.64 bits per heavy atom. The van der Waals surface area contributed by atoms with Crippen molar-refractivity contribution in [3.63, 3.8) is 0 Å². The molecule has 25 heavy (non-hydrogen) atoms. The van der Waals surface area contributed by atoms with Gasteiger partial charge in [-0.1, -0.05) is 18.2 Å². The van der Waals surface area contributed by atoms with Gasteiger partial charge in [-0.3, -0.25) is 9.59 Å². The van der Waals surface area contributed by atoms with E-state index in [-0.39, 0.29) is 17.2 Å². The molecule has 1 spiro atoms. The second kappa shape index (κ2) is 6.06. The third-order valence-corrected chi connectivity index (χ3v) is 5.75. The maximum Gasteiger partial charge on any atom is 0.270 e. The maximum absolute atomic E-state index is 13.1. The first kappa shape index (κ1) is 15.9. The summed E-state index contributed by atoms with van der Waals surface area (Å²) in [7, 11) is 1.89. The number of hydrogen-bond donors (Lipinski definition) is 0. The van der Waals surface area contributed by atoms with E-state index in [2.05, 4.69) is 0 Å². The standard InChI is InChI=1S/C20H23N3O2/c1-21-12-5-8-17(21)18(24)22-13-9-20(10-14-22)11-15-23(19(20)25)16-6-3-2-4-7-16/h2-8,12H,9-11,13-15H2,1H3. The Morgan fingerprint density at radius 3 is 2.28 bits per heavy atom. The van der Waals surface area contributed by atoms with Crippen molar-refractivity contribution in [3.8, 4) is 0 Å². The van der Waals surface area contributed by atoms with E-state index in [4.69, 9.17) is 0 Å². The number of hydrogen-bond acceptors (Lipinski definition) is 2. The summed E-state index contributed by atoms with van der Waals surface area (Å²) >= 11 is 0. The number of piperidine rings is 1. The van der Waals surface area contributed by atoms with Crippen LogP contribution in [0.1, 0.15) is 29.8 Å². The Hall–Kier alpha value is -2.56. The summed E-state index contributed by atoms with van der Waals surface area (Å²) in [6, 6.07) is 13.6. The first-order valence-electron chi connectivity index (χ1n) is 8.88. The van der Waals surface area contributed by atoms with Gasteiger partial charge in [-0.25, -0.2) is 0 Å². The third-order valence-electron chi connectivity index (χ3n) is 5.75. The van der Waals surface area contributed by atoms with Gasteiger partial charge in [0.25, 0.3) is 5.91 Å². The highest BCUT2D eigenvalue weighted by Gasteiger charge is 2.49. The first-order chi connectivity index (χ1) is 12.1. The number of likely N-dealkylation sites (tertiary alicyclic amines) is 1. The van der Waals surface area contributed by atoms with Gasteiger partial charge in [0, 0.05) is 38.6 Å². The number of aryl methyl sites for hydroxylation is 1. The number of carbonyl (C=O) groups is 2. The van der Waals surface area contributed by atoms with Crippen molar-refractivity contribution in [2.24, 2.45) is 12.5 Å². The zero-order chi connectivity index (χ0) is 17.4. The molecule has 0 saturated carbocycles. The molecule has 2 aliphatic rings. The Balaban J connectivity index is 1.46. The van der Waals surface area contributed by atoms with Gasteiger partial charge < -0.3 is 14.4 Å². The van der Waals surface area contributed by atoms with Gasteiger partial charge in [0.1, 0.15) is 5.69 Å². The Labute approximate surface area is 147 Å². The molecule has 3 heterocycles. The van der Waals surface area contributed by atoms with Crippen LogP contribution in [0.25, 0.3) is 0 Å². The van der Waals surface area contributed by atoms with Crippen molar-refractivity contribution < 1.29 is 9.59 Å². The van der Waals surface area contributed by atoms with E-state index in [9.17, 15) is 9.59 Å². The molecule has 4 rings (SSSR count).